The summed E-state index contributed by atoms with van der Waals surface area (Å²) < 4.78 is 2.17. The minimum atomic E-state index is -0.809. The average Bonchev–Trinajstić information content (AvgIpc) is 2.68. The van der Waals surface area contributed by atoms with Gasteiger partial charge in [-0.2, -0.15) is 0 Å². The lowest BCUT2D eigenvalue weighted by atomic mass is 9.92. The van der Waals surface area contributed by atoms with E-state index in [1.807, 2.05) is 6.20 Å². The van der Waals surface area contributed by atoms with Gasteiger partial charge in [-0.25, -0.2) is 4.98 Å². The molecule has 0 amide bonds. The van der Waals surface area contributed by atoms with Crippen molar-refractivity contribution in [1.82, 2.24) is 9.55 Å². The highest BCUT2D eigenvalue weighted by Crippen LogP contribution is 2.31. The Balaban J connectivity index is 3.11. The standard InChI is InChI=1S/C13H22N2O2S/c1-6-9(2)15-10(13(3,4)5)7-14-12(15)18-8-11(16)17/h7,9H,6,8H2,1-5H3,(H,16,17). The van der Waals surface area contributed by atoms with Gasteiger partial charge in [-0.1, -0.05) is 39.5 Å². The number of aliphatic carboxylic acids is 1. The molecule has 18 heavy (non-hydrogen) atoms. The quantitative estimate of drug-likeness (QED) is 0.834. The number of thioether (sulfide) groups is 1. The summed E-state index contributed by atoms with van der Waals surface area (Å²) in [6, 6.07) is 0.331. The molecule has 5 heteroatoms. The second-order valence-corrected chi connectivity index (χ2v) is 6.43. The third kappa shape index (κ3) is 3.51. The first-order valence-electron chi connectivity index (χ1n) is 6.19. The summed E-state index contributed by atoms with van der Waals surface area (Å²) >= 11 is 1.29. The van der Waals surface area contributed by atoms with Crippen LogP contribution in [0.4, 0.5) is 0 Å². The third-order valence-electron chi connectivity index (χ3n) is 2.89. The molecule has 1 N–H and O–H groups in total. The number of hydrogen-bond donors (Lipinski definition) is 1. The lowest BCUT2D eigenvalue weighted by molar-refractivity contribution is -0.133. The molecule has 4 nitrogen and oxygen atoms in total. The van der Waals surface area contributed by atoms with Crippen molar-refractivity contribution in [2.75, 3.05) is 5.75 Å². The van der Waals surface area contributed by atoms with Gasteiger partial charge in [-0.3, -0.25) is 4.79 Å². The third-order valence-corrected chi connectivity index (χ3v) is 3.84. The van der Waals surface area contributed by atoms with Gasteiger partial charge in [0.2, 0.25) is 0 Å². The molecule has 1 aromatic rings. The average molecular weight is 270 g/mol. The first-order chi connectivity index (χ1) is 8.27. The number of carboxylic acid groups (broad SMARTS) is 1. The Morgan fingerprint density at radius 1 is 1.56 bits per heavy atom. The molecule has 0 fully saturated rings. The van der Waals surface area contributed by atoms with Crippen LogP contribution in [0, 0.1) is 0 Å². The van der Waals surface area contributed by atoms with Gasteiger partial charge < -0.3 is 9.67 Å². The van der Waals surface area contributed by atoms with E-state index in [1.165, 1.54) is 11.8 Å². The zero-order valence-electron chi connectivity index (χ0n) is 11.7. The van der Waals surface area contributed by atoms with Gasteiger partial charge in [0.1, 0.15) is 0 Å². The molecule has 0 aliphatic rings. The highest BCUT2D eigenvalue weighted by molar-refractivity contribution is 7.99. The molecule has 0 bridgehead atoms. The molecule has 1 unspecified atom stereocenters. The second kappa shape index (κ2) is 5.78. The van der Waals surface area contributed by atoms with Gasteiger partial charge >= 0.3 is 5.97 Å². The van der Waals surface area contributed by atoms with Gasteiger partial charge in [-0.15, -0.1) is 0 Å². The summed E-state index contributed by atoms with van der Waals surface area (Å²) in [5.74, 6) is -0.757. The van der Waals surface area contributed by atoms with Crippen LogP contribution in [0.5, 0.6) is 0 Å². The van der Waals surface area contributed by atoms with Gasteiger partial charge in [0.05, 0.1) is 5.75 Å². The molecule has 0 aliphatic heterocycles. The van der Waals surface area contributed by atoms with Crippen LogP contribution in [0.25, 0.3) is 0 Å². The topological polar surface area (TPSA) is 55.1 Å². The summed E-state index contributed by atoms with van der Waals surface area (Å²) in [6.07, 6.45) is 2.87. The van der Waals surface area contributed by atoms with Gasteiger partial charge in [0, 0.05) is 23.3 Å². The number of nitrogens with zero attached hydrogens (tertiary/aromatic N) is 2. The molecule has 0 aromatic carbocycles. The van der Waals surface area contributed by atoms with E-state index in [-0.39, 0.29) is 11.2 Å². The molecule has 0 spiro atoms. The molecule has 1 rings (SSSR count). The molecular formula is C13H22N2O2S. The largest absolute Gasteiger partial charge is 0.481 e. The number of carboxylic acids is 1. The Bertz CT molecular complexity index is 421. The first kappa shape index (κ1) is 15.1. The van der Waals surface area contributed by atoms with Crippen LogP contribution in [0.3, 0.4) is 0 Å². The van der Waals surface area contributed by atoms with Crippen LogP contribution >= 0.6 is 11.8 Å². The van der Waals surface area contributed by atoms with E-state index in [2.05, 4.69) is 44.2 Å². The predicted molar refractivity (Wildman–Crippen MR) is 74.3 cm³/mol. The lowest BCUT2D eigenvalue weighted by Crippen LogP contribution is -2.20. The predicted octanol–water partition coefficient (Wildman–Crippen LogP) is 3.33. The molecule has 0 saturated carbocycles. The molecule has 0 radical (unpaired) electrons. The van der Waals surface area contributed by atoms with Crippen LogP contribution in [-0.4, -0.2) is 26.4 Å². The fourth-order valence-corrected chi connectivity index (χ4v) is 2.54. The van der Waals surface area contributed by atoms with Crippen molar-refractivity contribution in [2.24, 2.45) is 0 Å². The molecule has 1 atom stereocenters. The highest BCUT2D eigenvalue weighted by Gasteiger charge is 2.24. The lowest BCUT2D eigenvalue weighted by Gasteiger charge is -2.25. The first-order valence-corrected chi connectivity index (χ1v) is 7.18. The van der Waals surface area contributed by atoms with Crippen molar-refractivity contribution < 1.29 is 9.90 Å². The molecule has 102 valence electrons. The van der Waals surface area contributed by atoms with E-state index < -0.39 is 5.97 Å². The second-order valence-electron chi connectivity index (χ2n) is 5.49. The maximum Gasteiger partial charge on any atom is 0.313 e. The molecule has 1 heterocycles. The van der Waals surface area contributed by atoms with Crippen molar-refractivity contribution in [2.45, 2.75) is 57.7 Å². The minimum absolute atomic E-state index is 0.0124. The highest BCUT2D eigenvalue weighted by atomic mass is 32.2. The van der Waals surface area contributed by atoms with Gasteiger partial charge in [0.15, 0.2) is 5.16 Å². The number of aromatic nitrogens is 2. The van der Waals surface area contributed by atoms with Crippen LogP contribution in [0.2, 0.25) is 0 Å². The smallest absolute Gasteiger partial charge is 0.313 e. The van der Waals surface area contributed by atoms with Crippen LogP contribution < -0.4 is 0 Å². The Morgan fingerprint density at radius 2 is 2.17 bits per heavy atom. The number of carbonyl (C=O) groups is 1. The minimum Gasteiger partial charge on any atom is -0.481 e. The normalized spacial score (nSPS) is 13.6. The van der Waals surface area contributed by atoms with E-state index in [1.54, 1.807) is 0 Å². The Hall–Kier alpha value is -0.970. The van der Waals surface area contributed by atoms with Crippen molar-refractivity contribution >= 4 is 17.7 Å². The van der Waals surface area contributed by atoms with Gasteiger partial charge in [0.25, 0.3) is 0 Å². The number of hydrogen-bond acceptors (Lipinski definition) is 3. The molecule has 0 aliphatic carbocycles. The number of imidazole rings is 1. The SMILES string of the molecule is CCC(C)n1c(C(C)(C)C)cnc1SCC(=O)O. The van der Waals surface area contributed by atoms with Crippen molar-refractivity contribution in [3.05, 3.63) is 11.9 Å². The van der Waals surface area contributed by atoms with Crippen LogP contribution in [0.1, 0.15) is 52.8 Å². The zero-order chi connectivity index (χ0) is 13.9. The summed E-state index contributed by atoms with van der Waals surface area (Å²) in [5.41, 5.74) is 1.17. The van der Waals surface area contributed by atoms with Gasteiger partial charge in [-0.05, 0) is 13.3 Å². The molecule has 0 saturated heterocycles. The van der Waals surface area contributed by atoms with E-state index in [0.29, 0.717) is 6.04 Å². The Kier molecular flexibility index (Phi) is 4.85. The number of rotatable bonds is 5. The van der Waals surface area contributed by atoms with Crippen molar-refractivity contribution in [3.8, 4) is 0 Å². The van der Waals surface area contributed by atoms with Crippen molar-refractivity contribution in [3.63, 3.8) is 0 Å². The Labute approximate surface area is 113 Å². The monoisotopic (exact) mass is 270 g/mol. The van der Waals surface area contributed by atoms with Crippen molar-refractivity contribution in [1.29, 1.82) is 0 Å². The van der Waals surface area contributed by atoms with E-state index >= 15 is 0 Å². The van der Waals surface area contributed by atoms with Crippen LogP contribution in [-0.2, 0) is 10.2 Å². The summed E-state index contributed by atoms with van der Waals surface area (Å²) in [5, 5.41) is 9.57. The van der Waals surface area contributed by atoms with E-state index in [4.69, 9.17) is 5.11 Å². The van der Waals surface area contributed by atoms with E-state index in [0.717, 1.165) is 17.3 Å². The molecular weight excluding hydrogens is 248 g/mol. The fraction of sp³-hybridized carbons (Fsp3) is 0.692. The summed E-state index contributed by atoms with van der Waals surface area (Å²) in [4.78, 5) is 15.1. The summed E-state index contributed by atoms with van der Waals surface area (Å²) in [7, 11) is 0. The van der Waals surface area contributed by atoms with Crippen LogP contribution in [0.15, 0.2) is 11.4 Å². The zero-order valence-corrected chi connectivity index (χ0v) is 12.5. The fourth-order valence-electron chi connectivity index (χ4n) is 1.74. The maximum absolute atomic E-state index is 10.7. The van der Waals surface area contributed by atoms with E-state index in [9.17, 15) is 4.79 Å². The Morgan fingerprint density at radius 3 is 2.61 bits per heavy atom. The summed E-state index contributed by atoms with van der Waals surface area (Å²) in [6.45, 7) is 10.7. The maximum atomic E-state index is 10.7. The molecule has 1 aromatic heterocycles.